The number of aromatic nitrogens is 1. The molecule has 6 nitrogen and oxygen atoms in total. The molecule has 1 aliphatic heterocycles. The molecule has 117 valence electrons. The minimum atomic E-state index is 0.413. The van der Waals surface area contributed by atoms with Crippen LogP contribution in [0.25, 0.3) is 0 Å². The van der Waals surface area contributed by atoms with Crippen LogP contribution in [0.4, 0.5) is 16.6 Å². The van der Waals surface area contributed by atoms with Crippen molar-refractivity contribution in [1.29, 1.82) is 0 Å². The van der Waals surface area contributed by atoms with Crippen LogP contribution < -0.4 is 15.8 Å². The monoisotopic (exact) mass is 319 g/mol. The highest BCUT2D eigenvalue weighted by Gasteiger charge is 2.09. The summed E-state index contributed by atoms with van der Waals surface area (Å²) in [5.41, 5.74) is 6.49. The Morgan fingerprint density at radius 3 is 2.77 bits per heavy atom. The van der Waals surface area contributed by atoms with Crippen molar-refractivity contribution in [2.75, 3.05) is 50.5 Å². The molecule has 1 fully saturated rings. The van der Waals surface area contributed by atoms with Gasteiger partial charge in [0, 0.05) is 25.3 Å². The number of morpholine rings is 1. The maximum Gasteiger partial charge on any atom is 0.189 e. The molecule has 1 aliphatic rings. The molecular formula is C15H19N4O2S. The SMILES string of the molecule is Nc1[c]sc(Nc2ccc(OCCN3CCOCC3)cc2)n1. The number of nitrogens with one attached hydrogen (secondary N) is 1. The standard InChI is InChI=1S/C15H19N4O2S/c16-14-11-22-15(18-14)17-12-1-3-13(4-2-12)21-10-7-19-5-8-20-9-6-19/h1-4H,5-10,16H2,(H,17,18). The van der Waals surface area contributed by atoms with Crippen LogP contribution in [0.15, 0.2) is 24.3 Å². The first-order chi connectivity index (χ1) is 10.8. The van der Waals surface area contributed by atoms with E-state index in [1.165, 1.54) is 11.3 Å². The van der Waals surface area contributed by atoms with Gasteiger partial charge >= 0.3 is 0 Å². The number of hydrogen-bond acceptors (Lipinski definition) is 7. The highest BCUT2D eigenvalue weighted by Crippen LogP contribution is 2.23. The summed E-state index contributed by atoms with van der Waals surface area (Å²) < 4.78 is 11.1. The molecule has 1 aromatic heterocycles. The van der Waals surface area contributed by atoms with Crippen LogP contribution in [-0.4, -0.2) is 49.3 Å². The number of thiazole rings is 1. The Kier molecular flexibility index (Phi) is 5.10. The molecule has 1 saturated heterocycles. The van der Waals surface area contributed by atoms with Crippen molar-refractivity contribution in [3.05, 3.63) is 29.6 Å². The van der Waals surface area contributed by atoms with Gasteiger partial charge in [0.15, 0.2) is 5.13 Å². The molecule has 3 N–H and O–H groups in total. The van der Waals surface area contributed by atoms with Crippen molar-refractivity contribution in [2.45, 2.75) is 0 Å². The summed E-state index contributed by atoms with van der Waals surface area (Å²) in [6.07, 6.45) is 0. The van der Waals surface area contributed by atoms with Crippen molar-refractivity contribution >= 4 is 28.0 Å². The number of anilines is 3. The lowest BCUT2D eigenvalue weighted by atomic mass is 10.3. The van der Waals surface area contributed by atoms with Gasteiger partial charge in [-0.15, -0.1) is 0 Å². The summed E-state index contributed by atoms with van der Waals surface area (Å²) in [7, 11) is 0. The van der Waals surface area contributed by atoms with E-state index in [9.17, 15) is 0 Å². The number of nitrogen functional groups attached to an aromatic ring is 1. The molecule has 0 spiro atoms. The van der Waals surface area contributed by atoms with E-state index in [4.69, 9.17) is 15.2 Å². The number of rotatable bonds is 6. The lowest BCUT2D eigenvalue weighted by molar-refractivity contribution is 0.0322. The Morgan fingerprint density at radius 1 is 1.32 bits per heavy atom. The molecule has 2 aromatic rings. The van der Waals surface area contributed by atoms with Crippen LogP contribution >= 0.6 is 11.3 Å². The number of hydrogen-bond donors (Lipinski definition) is 2. The van der Waals surface area contributed by atoms with Crippen molar-refractivity contribution < 1.29 is 9.47 Å². The minimum Gasteiger partial charge on any atom is -0.492 e. The second-order valence-electron chi connectivity index (χ2n) is 4.96. The molecule has 1 aromatic carbocycles. The fraction of sp³-hybridized carbons (Fsp3) is 0.400. The Balaban J connectivity index is 1.44. The van der Waals surface area contributed by atoms with E-state index in [0.29, 0.717) is 12.4 Å². The fourth-order valence-corrected chi connectivity index (χ4v) is 2.74. The predicted molar refractivity (Wildman–Crippen MR) is 87.8 cm³/mol. The topological polar surface area (TPSA) is 72.6 Å². The molecule has 22 heavy (non-hydrogen) atoms. The van der Waals surface area contributed by atoms with Gasteiger partial charge in [-0.25, -0.2) is 4.98 Å². The van der Waals surface area contributed by atoms with Gasteiger partial charge in [0.1, 0.15) is 18.2 Å². The molecule has 3 rings (SSSR count). The highest BCUT2D eigenvalue weighted by atomic mass is 32.1. The van der Waals surface area contributed by atoms with Crippen molar-refractivity contribution in [3.8, 4) is 5.75 Å². The Morgan fingerprint density at radius 2 is 2.09 bits per heavy atom. The van der Waals surface area contributed by atoms with E-state index in [2.05, 4.69) is 20.6 Å². The van der Waals surface area contributed by atoms with Crippen molar-refractivity contribution in [2.24, 2.45) is 0 Å². The third kappa shape index (κ3) is 4.33. The lowest BCUT2D eigenvalue weighted by Crippen LogP contribution is -2.38. The average molecular weight is 319 g/mol. The van der Waals surface area contributed by atoms with Gasteiger partial charge in [-0.05, 0) is 24.3 Å². The first-order valence-electron chi connectivity index (χ1n) is 7.23. The molecule has 0 saturated carbocycles. The number of benzene rings is 1. The van der Waals surface area contributed by atoms with Crippen LogP contribution in [0.5, 0.6) is 5.75 Å². The van der Waals surface area contributed by atoms with Crippen LogP contribution in [-0.2, 0) is 4.74 Å². The van der Waals surface area contributed by atoms with E-state index in [1.54, 1.807) is 0 Å². The summed E-state index contributed by atoms with van der Waals surface area (Å²) in [6, 6.07) is 7.81. The molecule has 2 heterocycles. The zero-order valence-corrected chi connectivity index (χ0v) is 13.1. The van der Waals surface area contributed by atoms with Gasteiger partial charge < -0.3 is 20.5 Å². The first kappa shape index (κ1) is 15.1. The van der Waals surface area contributed by atoms with E-state index < -0.39 is 0 Å². The first-order valence-corrected chi connectivity index (χ1v) is 8.05. The van der Waals surface area contributed by atoms with Crippen molar-refractivity contribution in [1.82, 2.24) is 9.88 Å². The Bertz CT molecular complexity index is 581. The molecule has 0 unspecified atom stereocenters. The van der Waals surface area contributed by atoms with Gasteiger partial charge in [0.05, 0.1) is 18.6 Å². The predicted octanol–water partition coefficient (Wildman–Crippen LogP) is 1.98. The van der Waals surface area contributed by atoms with E-state index in [0.717, 1.165) is 49.4 Å². The zero-order chi connectivity index (χ0) is 15.2. The van der Waals surface area contributed by atoms with Crippen molar-refractivity contribution in [3.63, 3.8) is 0 Å². The molecular weight excluding hydrogens is 300 g/mol. The Hall–Kier alpha value is -1.83. The largest absolute Gasteiger partial charge is 0.492 e. The molecule has 1 radical (unpaired) electrons. The number of ether oxygens (including phenoxy) is 2. The summed E-state index contributed by atoms with van der Waals surface area (Å²) in [4.78, 5) is 6.46. The molecule has 7 heteroatoms. The van der Waals surface area contributed by atoms with Gasteiger partial charge in [-0.3, -0.25) is 4.90 Å². The van der Waals surface area contributed by atoms with Crippen LogP contribution in [0.1, 0.15) is 0 Å². The molecule has 0 aliphatic carbocycles. The van der Waals surface area contributed by atoms with Crippen LogP contribution in [0, 0.1) is 5.38 Å². The van der Waals surface area contributed by atoms with Crippen LogP contribution in [0.2, 0.25) is 0 Å². The summed E-state index contributed by atoms with van der Waals surface area (Å²) in [5, 5.41) is 6.78. The van der Waals surface area contributed by atoms with E-state index in [-0.39, 0.29) is 0 Å². The maximum atomic E-state index is 5.77. The molecule has 0 amide bonds. The second-order valence-corrected chi connectivity index (χ2v) is 5.75. The van der Waals surface area contributed by atoms with Gasteiger partial charge in [-0.2, -0.15) is 0 Å². The Labute approximate surface area is 133 Å². The number of nitrogens with two attached hydrogens (primary N) is 1. The third-order valence-electron chi connectivity index (χ3n) is 3.36. The van der Waals surface area contributed by atoms with E-state index in [1.807, 2.05) is 24.3 Å². The highest BCUT2D eigenvalue weighted by molar-refractivity contribution is 7.13. The smallest absolute Gasteiger partial charge is 0.189 e. The quantitative estimate of drug-likeness (QED) is 0.848. The summed E-state index contributed by atoms with van der Waals surface area (Å²) >= 11 is 1.36. The lowest BCUT2D eigenvalue weighted by Gasteiger charge is -2.26. The van der Waals surface area contributed by atoms with Gasteiger partial charge in [0.25, 0.3) is 0 Å². The van der Waals surface area contributed by atoms with Gasteiger partial charge in [-0.1, -0.05) is 11.3 Å². The fourth-order valence-electron chi connectivity index (χ4n) is 2.18. The normalized spacial score (nSPS) is 15.6. The average Bonchev–Trinajstić information content (AvgIpc) is 2.95. The van der Waals surface area contributed by atoms with Gasteiger partial charge in [0.2, 0.25) is 0 Å². The third-order valence-corrected chi connectivity index (χ3v) is 4.06. The number of nitrogens with zero attached hydrogens (tertiary/aromatic N) is 2. The molecule has 0 atom stereocenters. The van der Waals surface area contributed by atoms with E-state index >= 15 is 0 Å². The maximum absolute atomic E-state index is 5.77. The summed E-state index contributed by atoms with van der Waals surface area (Å²) in [6.45, 7) is 5.22. The van der Waals surface area contributed by atoms with Crippen LogP contribution in [0.3, 0.4) is 0 Å². The molecule has 0 bridgehead atoms. The second kappa shape index (κ2) is 7.44. The zero-order valence-electron chi connectivity index (χ0n) is 12.2. The summed E-state index contributed by atoms with van der Waals surface area (Å²) in [5.74, 6) is 1.28. The minimum absolute atomic E-state index is 0.413.